The predicted molar refractivity (Wildman–Crippen MR) is 103 cm³/mol. The van der Waals surface area contributed by atoms with E-state index in [1.54, 1.807) is 48.5 Å². The summed E-state index contributed by atoms with van der Waals surface area (Å²) in [6.07, 6.45) is -3.20. The quantitative estimate of drug-likeness (QED) is 0.481. The summed E-state index contributed by atoms with van der Waals surface area (Å²) in [5.41, 5.74) is 2.71. The van der Waals surface area contributed by atoms with Gasteiger partial charge in [-0.3, -0.25) is 0 Å². The van der Waals surface area contributed by atoms with Crippen molar-refractivity contribution in [2.75, 3.05) is 19.6 Å². The number of hydrogen-bond donors (Lipinski definition) is 1. The summed E-state index contributed by atoms with van der Waals surface area (Å²) >= 11 is 0. The highest BCUT2D eigenvalue weighted by atomic mass is 19.4. The minimum atomic E-state index is -4.62. The molecule has 3 aromatic rings. The van der Waals surface area contributed by atoms with Gasteiger partial charge in [0.25, 0.3) is 0 Å². The number of methoxy groups -OCH3 is 2. The first kappa shape index (κ1) is 20.1. The summed E-state index contributed by atoms with van der Waals surface area (Å²) in [7, 11) is 3.01. The lowest BCUT2D eigenvalue weighted by Crippen LogP contribution is -2.11. The van der Waals surface area contributed by atoms with Crippen LogP contribution in [0.25, 0.3) is 11.3 Å². The minimum absolute atomic E-state index is 0.136. The first-order valence-corrected chi connectivity index (χ1v) is 8.43. The molecule has 0 amide bonds. The Morgan fingerprint density at radius 3 is 2.31 bits per heavy atom. The van der Waals surface area contributed by atoms with Crippen molar-refractivity contribution >= 4 is 12.2 Å². The second-order valence-electron chi connectivity index (χ2n) is 5.81. The van der Waals surface area contributed by atoms with Crippen LogP contribution >= 0.6 is 0 Å². The predicted octanol–water partition coefficient (Wildman–Crippen LogP) is 4.63. The zero-order valence-corrected chi connectivity index (χ0v) is 15.6. The van der Waals surface area contributed by atoms with Crippen LogP contribution in [0, 0.1) is 0 Å². The number of aromatic nitrogens is 2. The second kappa shape index (κ2) is 8.59. The topological polar surface area (TPSA) is 68.6 Å². The van der Waals surface area contributed by atoms with Gasteiger partial charge in [-0.15, -0.1) is 0 Å². The molecule has 29 heavy (non-hydrogen) atoms. The Morgan fingerprint density at radius 1 is 0.931 bits per heavy atom. The average molecular weight is 402 g/mol. The summed E-state index contributed by atoms with van der Waals surface area (Å²) in [6, 6.07) is 14.5. The highest BCUT2D eigenvalue weighted by Crippen LogP contribution is 2.31. The summed E-state index contributed by atoms with van der Waals surface area (Å²) < 4.78 is 50.0. The van der Waals surface area contributed by atoms with Crippen LogP contribution in [-0.2, 0) is 6.18 Å². The smallest absolute Gasteiger partial charge is 0.433 e. The van der Waals surface area contributed by atoms with Crippen molar-refractivity contribution in [3.05, 3.63) is 65.9 Å². The molecule has 0 unspecified atom stereocenters. The molecule has 1 aromatic heterocycles. The monoisotopic (exact) mass is 402 g/mol. The maximum absolute atomic E-state index is 13.2. The van der Waals surface area contributed by atoms with Crippen molar-refractivity contribution in [1.82, 2.24) is 9.97 Å². The molecule has 2 aromatic carbocycles. The van der Waals surface area contributed by atoms with Gasteiger partial charge in [-0.05, 0) is 29.8 Å². The van der Waals surface area contributed by atoms with E-state index >= 15 is 0 Å². The molecule has 0 spiro atoms. The molecule has 0 fully saturated rings. The Bertz CT molecular complexity index is 1010. The Balaban J connectivity index is 1.88. The van der Waals surface area contributed by atoms with Gasteiger partial charge in [-0.2, -0.15) is 18.3 Å². The van der Waals surface area contributed by atoms with E-state index in [-0.39, 0.29) is 11.6 Å². The number of halogens is 3. The van der Waals surface area contributed by atoms with E-state index in [4.69, 9.17) is 9.47 Å². The largest absolute Gasteiger partial charge is 0.493 e. The number of rotatable bonds is 6. The number of benzene rings is 2. The molecule has 3 rings (SSSR count). The molecule has 9 heteroatoms. The van der Waals surface area contributed by atoms with E-state index in [1.807, 2.05) is 0 Å². The van der Waals surface area contributed by atoms with Crippen LogP contribution in [0.15, 0.2) is 59.7 Å². The van der Waals surface area contributed by atoms with Crippen LogP contribution < -0.4 is 14.9 Å². The molecule has 0 saturated heterocycles. The van der Waals surface area contributed by atoms with Crippen molar-refractivity contribution in [2.45, 2.75) is 6.18 Å². The van der Waals surface area contributed by atoms with Gasteiger partial charge >= 0.3 is 6.18 Å². The Hall–Kier alpha value is -3.62. The number of alkyl halides is 3. The van der Waals surface area contributed by atoms with Crippen LogP contribution in [0.5, 0.6) is 11.5 Å². The normalized spacial score (nSPS) is 11.5. The third-order valence-electron chi connectivity index (χ3n) is 3.87. The summed E-state index contributed by atoms with van der Waals surface area (Å²) in [5.74, 6) is 0.778. The van der Waals surface area contributed by atoms with Crippen molar-refractivity contribution in [2.24, 2.45) is 5.10 Å². The number of hydrogen-bond acceptors (Lipinski definition) is 6. The van der Waals surface area contributed by atoms with E-state index in [0.717, 1.165) is 6.07 Å². The van der Waals surface area contributed by atoms with Gasteiger partial charge in [0.1, 0.15) is 0 Å². The fourth-order valence-electron chi connectivity index (χ4n) is 2.50. The van der Waals surface area contributed by atoms with E-state index < -0.39 is 11.9 Å². The second-order valence-corrected chi connectivity index (χ2v) is 5.81. The molecular formula is C20H17F3N4O2. The molecular weight excluding hydrogens is 385 g/mol. The van der Waals surface area contributed by atoms with E-state index in [2.05, 4.69) is 20.5 Å². The van der Waals surface area contributed by atoms with Crippen molar-refractivity contribution < 1.29 is 22.6 Å². The Kier molecular flexibility index (Phi) is 5.96. The van der Waals surface area contributed by atoms with Crippen LogP contribution in [0.3, 0.4) is 0 Å². The van der Waals surface area contributed by atoms with Gasteiger partial charge in [0, 0.05) is 5.56 Å². The van der Waals surface area contributed by atoms with Crippen molar-refractivity contribution in [1.29, 1.82) is 0 Å². The number of anilines is 1. The summed E-state index contributed by atoms with van der Waals surface area (Å²) in [4.78, 5) is 7.65. The van der Waals surface area contributed by atoms with Crippen molar-refractivity contribution in [3.8, 4) is 22.8 Å². The summed E-state index contributed by atoms with van der Waals surface area (Å²) in [6.45, 7) is 0. The van der Waals surface area contributed by atoms with Crippen LogP contribution in [0.1, 0.15) is 11.3 Å². The van der Waals surface area contributed by atoms with E-state index in [0.29, 0.717) is 22.6 Å². The van der Waals surface area contributed by atoms with Crippen molar-refractivity contribution in [3.63, 3.8) is 0 Å². The molecule has 0 aliphatic heterocycles. The van der Waals surface area contributed by atoms with Crippen LogP contribution in [0.4, 0.5) is 19.1 Å². The molecule has 150 valence electrons. The van der Waals surface area contributed by atoms with Gasteiger partial charge in [-0.1, -0.05) is 30.3 Å². The number of nitrogens with zero attached hydrogens (tertiary/aromatic N) is 3. The minimum Gasteiger partial charge on any atom is -0.493 e. The zero-order chi connectivity index (χ0) is 20.9. The van der Waals surface area contributed by atoms with E-state index in [9.17, 15) is 13.2 Å². The molecule has 0 aliphatic rings. The first-order chi connectivity index (χ1) is 13.9. The third-order valence-corrected chi connectivity index (χ3v) is 3.87. The Labute approximate surface area is 165 Å². The summed E-state index contributed by atoms with van der Waals surface area (Å²) in [5, 5.41) is 3.94. The van der Waals surface area contributed by atoms with Gasteiger partial charge in [0.05, 0.1) is 26.1 Å². The molecule has 6 nitrogen and oxygen atoms in total. The molecule has 1 heterocycles. The third kappa shape index (κ3) is 5.01. The van der Waals surface area contributed by atoms with Gasteiger partial charge in [0.15, 0.2) is 17.2 Å². The molecule has 0 radical (unpaired) electrons. The zero-order valence-electron chi connectivity index (χ0n) is 15.6. The number of ether oxygens (including phenoxy) is 2. The first-order valence-electron chi connectivity index (χ1n) is 8.43. The lowest BCUT2D eigenvalue weighted by atomic mass is 10.1. The van der Waals surface area contributed by atoms with E-state index in [1.165, 1.54) is 20.4 Å². The molecule has 0 atom stereocenters. The van der Waals surface area contributed by atoms with Gasteiger partial charge < -0.3 is 9.47 Å². The molecule has 0 saturated carbocycles. The number of hydrazone groups is 1. The van der Waals surface area contributed by atoms with Gasteiger partial charge in [-0.25, -0.2) is 15.4 Å². The SMILES string of the molecule is COc1ccc(C=NNc2nc(-c3ccccc3)cc(C(F)(F)F)n2)cc1OC. The van der Waals surface area contributed by atoms with Gasteiger partial charge in [0.2, 0.25) is 5.95 Å². The highest BCUT2D eigenvalue weighted by Gasteiger charge is 2.33. The molecule has 0 aliphatic carbocycles. The average Bonchev–Trinajstić information content (AvgIpc) is 2.73. The molecule has 0 bridgehead atoms. The maximum atomic E-state index is 13.2. The fraction of sp³-hybridized carbons (Fsp3) is 0.150. The highest BCUT2D eigenvalue weighted by molar-refractivity contribution is 5.81. The van der Waals surface area contributed by atoms with Crippen LogP contribution in [-0.4, -0.2) is 30.4 Å². The lowest BCUT2D eigenvalue weighted by Gasteiger charge is -2.10. The maximum Gasteiger partial charge on any atom is 0.433 e. The number of nitrogens with one attached hydrogen (secondary N) is 1. The standard InChI is InChI=1S/C20H17F3N4O2/c1-28-16-9-8-13(10-17(16)29-2)12-24-27-19-25-15(14-6-4-3-5-7-14)11-18(26-19)20(21,22)23/h3-12H,1-2H3,(H,25,26,27). The van der Waals surface area contributed by atoms with Crippen LogP contribution in [0.2, 0.25) is 0 Å². The lowest BCUT2D eigenvalue weighted by molar-refractivity contribution is -0.141. The Morgan fingerprint density at radius 2 is 1.66 bits per heavy atom. The fourth-order valence-corrected chi connectivity index (χ4v) is 2.50. The molecule has 1 N–H and O–H groups in total.